The number of benzene rings is 1. The normalized spacial score (nSPS) is 35.2. The summed E-state index contributed by atoms with van der Waals surface area (Å²) < 4.78 is 94.1. The molecule has 3 nitrogen and oxygen atoms in total. The molecule has 2 saturated carbocycles. The molecule has 30 heavy (non-hydrogen) atoms. The zero-order valence-corrected chi connectivity index (χ0v) is 18.0. The summed E-state index contributed by atoms with van der Waals surface area (Å²) in [6, 6.07) is 1.42. The maximum Gasteiger partial charge on any atom is 0.416 e. The zero-order valence-electron chi connectivity index (χ0n) is 17.1. The highest BCUT2D eigenvalue weighted by molar-refractivity contribution is 7.49. The lowest BCUT2D eigenvalue weighted by atomic mass is 9.70. The standard InChI is InChI=1S/C20H24F6NO2P/c1-5-28-30-27(15-14-6-7-18(4,16(15)29-30)17(14,2)3)13-9-11(19(21,22)23)8-12(10-13)20(24,25)26/h8-10,14-16H,5-7H2,1-4H3/t14-,15+,16+,18+,30-/m1/s1. The Kier molecular flexibility index (Phi) is 4.96. The molecule has 3 fully saturated rings. The molecular formula is C20H24F6NO2P. The van der Waals surface area contributed by atoms with Crippen LogP contribution in [0.4, 0.5) is 32.0 Å². The Morgan fingerprint density at radius 2 is 1.63 bits per heavy atom. The van der Waals surface area contributed by atoms with Gasteiger partial charge in [-0.1, -0.05) is 20.8 Å². The molecule has 5 atom stereocenters. The first-order chi connectivity index (χ1) is 13.7. The van der Waals surface area contributed by atoms with Crippen molar-refractivity contribution in [3.8, 4) is 0 Å². The Labute approximate surface area is 172 Å². The molecule has 1 heterocycles. The maximum atomic E-state index is 13.4. The second kappa shape index (κ2) is 6.72. The Balaban J connectivity index is 1.85. The zero-order chi connectivity index (χ0) is 22.3. The van der Waals surface area contributed by atoms with Crippen LogP contribution in [0.5, 0.6) is 0 Å². The molecule has 1 saturated heterocycles. The van der Waals surface area contributed by atoms with Gasteiger partial charge >= 0.3 is 12.4 Å². The predicted octanol–water partition coefficient (Wildman–Crippen LogP) is 7.02. The summed E-state index contributed by atoms with van der Waals surface area (Å²) in [5.74, 6) is 0.0873. The van der Waals surface area contributed by atoms with Crippen molar-refractivity contribution in [3.63, 3.8) is 0 Å². The third-order valence-corrected chi connectivity index (χ3v) is 9.20. The van der Waals surface area contributed by atoms with E-state index in [2.05, 4.69) is 20.8 Å². The first-order valence-corrected chi connectivity index (χ1v) is 11.0. The second-order valence-corrected chi connectivity index (χ2v) is 10.4. The van der Waals surface area contributed by atoms with Gasteiger partial charge in [0.25, 0.3) is 8.53 Å². The van der Waals surface area contributed by atoms with Crippen LogP contribution in [0, 0.1) is 16.7 Å². The Morgan fingerprint density at radius 3 is 2.13 bits per heavy atom. The second-order valence-electron chi connectivity index (χ2n) is 9.07. The van der Waals surface area contributed by atoms with Crippen LogP contribution in [0.15, 0.2) is 18.2 Å². The minimum atomic E-state index is -4.90. The minimum Gasteiger partial charge on any atom is -0.318 e. The SMILES string of the molecule is CCO[P@]1O[C@H]2[C@H]([C@H]3CC[C@]2(C)C3(C)C)N1c1cc(C(F)(F)F)cc(C(F)(F)F)c1. The van der Waals surface area contributed by atoms with Crippen molar-refractivity contribution in [2.45, 2.75) is 65.0 Å². The van der Waals surface area contributed by atoms with Crippen LogP contribution in [0.1, 0.15) is 51.7 Å². The highest BCUT2D eigenvalue weighted by Crippen LogP contribution is 2.74. The van der Waals surface area contributed by atoms with Crippen molar-refractivity contribution >= 4 is 14.2 Å². The Morgan fingerprint density at radius 1 is 1.07 bits per heavy atom. The summed E-state index contributed by atoms with van der Waals surface area (Å²) in [6.45, 7) is 8.30. The minimum absolute atomic E-state index is 0.0873. The van der Waals surface area contributed by atoms with Gasteiger partial charge in [-0.25, -0.2) is 0 Å². The molecule has 0 aromatic heterocycles. The molecule has 3 aliphatic rings. The smallest absolute Gasteiger partial charge is 0.318 e. The van der Waals surface area contributed by atoms with E-state index in [0.717, 1.165) is 25.0 Å². The van der Waals surface area contributed by atoms with Gasteiger partial charge in [0, 0.05) is 11.1 Å². The number of alkyl halides is 6. The number of rotatable bonds is 3. The van der Waals surface area contributed by atoms with E-state index in [1.165, 1.54) is 0 Å². The molecule has 1 aromatic rings. The molecular weight excluding hydrogens is 431 g/mol. The third-order valence-electron chi connectivity index (χ3n) is 7.46. The summed E-state index contributed by atoms with van der Waals surface area (Å²) in [6.07, 6.45) is -8.34. The van der Waals surface area contributed by atoms with E-state index in [9.17, 15) is 26.3 Å². The molecule has 4 rings (SSSR count). The first kappa shape index (κ1) is 22.2. The molecule has 2 bridgehead atoms. The Hall–Kier alpha value is -1.05. The van der Waals surface area contributed by atoms with E-state index in [1.54, 1.807) is 11.6 Å². The molecule has 2 aliphatic carbocycles. The van der Waals surface area contributed by atoms with Crippen molar-refractivity contribution in [2.24, 2.45) is 16.7 Å². The summed E-state index contributed by atoms with van der Waals surface area (Å²) in [4.78, 5) is 0. The van der Waals surface area contributed by atoms with Crippen molar-refractivity contribution in [3.05, 3.63) is 29.3 Å². The van der Waals surface area contributed by atoms with E-state index in [0.29, 0.717) is 0 Å². The fourth-order valence-corrected chi connectivity index (χ4v) is 7.39. The number of halogens is 6. The van der Waals surface area contributed by atoms with Crippen LogP contribution in [-0.4, -0.2) is 18.8 Å². The van der Waals surface area contributed by atoms with Gasteiger partial charge in [-0.3, -0.25) is 4.67 Å². The van der Waals surface area contributed by atoms with Crippen LogP contribution in [0.2, 0.25) is 0 Å². The summed E-state index contributed by atoms with van der Waals surface area (Å²) in [7, 11) is -1.80. The lowest BCUT2D eigenvalue weighted by Gasteiger charge is -2.38. The van der Waals surface area contributed by atoms with E-state index < -0.39 is 32.0 Å². The first-order valence-electron chi connectivity index (χ1n) is 9.90. The Bertz CT molecular complexity index is 809. The van der Waals surface area contributed by atoms with Crippen LogP contribution in [0.3, 0.4) is 0 Å². The van der Waals surface area contributed by atoms with E-state index in [4.69, 9.17) is 9.05 Å². The van der Waals surface area contributed by atoms with Crippen molar-refractivity contribution < 1.29 is 35.4 Å². The number of hydrogen-bond acceptors (Lipinski definition) is 3. The van der Waals surface area contributed by atoms with Gasteiger partial charge in [0.2, 0.25) is 0 Å². The molecule has 0 radical (unpaired) electrons. The molecule has 0 unspecified atom stereocenters. The van der Waals surface area contributed by atoms with Crippen molar-refractivity contribution in [2.75, 3.05) is 11.3 Å². The average molecular weight is 455 g/mol. The van der Waals surface area contributed by atoms with Crippen LogP contribution < -0.4 is 4.67 Å². The molecule has 0 N–H and O–H groups in total. The number of hydrogen-bond donors (Lipinski definition) is 0. The fraction of sp³-hybridized carbons (Fsp3) is 0.700. The largest absolute Gasteiger partial charge is 0.416 e. The van der Waals surface area contributed by atoms with Gasteiger partial charge < -0.3 is 9.05 Å². The predicted molar refractivity (Wildman–Crippen MR) is 101 cm³/mol. The number of fused-ring (bicyclic) bond motifs is 5. The van der Waals surface area contributed by atoms with Crippen LogP contribution in [0.25, 0.3) is 0 Å². The van der Waals surface area contributed by atoms with Gasteiger partial charge in [-0.2, -0.15) is 26.3 Å². The van der Waals surface area contributed by atoms with Crippen LogP contribution >= 0.6 is 8.53 Å². The molecule has 1 aliphatic heterocycles. The number of nitrogens with zero attached hydrogens (tertiary/aromatic N) is 1. The maximum absolute atomic E-state index is 13.4. The third kappa shape index (κ3) is 3.06. The summed E-state index contributed by atoms with van der Waals surface area (Å²) in [5.41, 5.74) is -3.16. The van der Waals surface area contributed by atoms with Gasteiger partial charge in [-0.05, 0) is 49.3 Å². The lowest BCUT2D eigenvalue weighted by Crippen LogP contribution is -2.42. The topological polar surface area (TPSA) is 21.7 Å². The fourth-order valence-electron chi connectivity index (χ4n) is 5.53. The number of anilines is 1. The molecule has 168 valence electrons. The van der Waals surface area contributed by atoms with E-state index >= 15 is 0 Å². The monoisotopic (exact) mass is 455 g/mol. The van der Waals surface area contributed by atoms with Gasteiger partial charge in [0.1, 0.15) is 0 Å². The molecule has 0 amide bonds. The lowest BCUT2D eigenvalue weighted by molar-refractivity contribution is -0.143. The molecule has 1 aromatic carbocycles. The van der Waals surface area contributed by atoms with Crippen LogP contribution in [-0.2, 0) is 21.4 Å². The molecule has 0 spiro atoms. The highest BCUT2D eigenvalue weighted by Gasteiger charge is 2.72. The quantitative estimate of drug-likeness (QED) is 0.361. The van der Waals surface area contributed by atoms with Gasteiger partial charge in [0.15, 0.2) is 0 Å². The summed E-state index contributed by atoms with van der Waals surface area (Å²) in [5, 5.41) is 0. The average Bonchev–Trinajstić information content (AvgIpc) is 3.15. The van der Waals surface area contributed by atoms with Crippen molar-refractivity contribution in [1.29, 1.82) is 0 Å². The van der Waals surface area contributed by atoms with E-state index in [-0.39, 0.29) is 47.3 Å². The van der Waals surface area contributed by atoms with Gasteiger partial charge in [0.05, 0.1) is 29.9 Å². The molecule has 10 heteroatoms. The summed E-state index contributed by atoms with van der Waals surface area (Å²) >= 11 is 0. The highest BCUT2D eigenvalue weighted by atomic mass is 31.2. The van der Waals surface area contributed by atoms with E-state index in [1.807, 2.05) is 0 Å². The van der Waals surface area contributed by atoms with Crippen molar-refractivity contribution in [1.82, 2.24) is 0 Å². The van der Waals surface area contributed by atoms with Gasteiger partial charge in [-0.15, -0.1) is 0 Å².